The molecule has 4 nitrogen and oxygen atoms in total. The summed E-state index contributed by atoms with van der Waals surface area (Å²) in [4.78, 5) is 2.18. The zero-order chi connectivity index (χ0) is 12.7. The van der Waals surface area contributed by atoms with Gasteiger partial charge in [-0.25, -0.2) is 0 Å². The summed E-state index contributed by atoms with van der Waals surface area (Å²) < 4.78 is 0. The standard InChI is InChI=1S/C13H21N3O/c1-11(2)16(10-13(14)15-17)9-8-12-6-4-3-5-7-12/h3-7,11,17H,8-10H2,1-2H3,(H2,14,15). The highest BCUT2D eigenvalue weighted by molar-refractivity contribution is 5.81. The summed E-state index contributed by atoms with van der Waals surface area (Å²) in [6.45, 7) is 5.62. The van der Waals surface area contributed by atoms with Crippen LogP contribution in [0, 0.1) is 0 Å². The summed E-state index contributed by atoms with van der Waals surface area (Å²) in [6, 6.07) is 10.7. The van der Waals surface area contributed by atoms with E-state index in [-0.39, 0.29) is 5.84 Å². The predicted octanol–water partition coefficient (Wildman–Crippen LogP) is 1.69. The van der Waals surface area contributed by atoms with Crippen LogP contribution in [-0.4, -0.2) is 35.1 Å². The summed E-state index contributed by atoms with van der Waals surface area (Å²) in [5, 5.41) is 11.6. The topological polar surface area (TPSA) is 61.8 Å². The van der Waals surface area contributed by atoms with E-state index < -0.39 is 0 Å². The van der Waals surface area contributed by atoms with Crippen LogP contribution in [0.5, 0.6) is 0 Å². The molecule has 0 aliphatic heterocycles. The Morgan fingerprint density at radius 2 is 2.00 bits per heavy atom. The summed E-state index contributed by atoms with van der Waals surface area (Å²) in [5.74, 6) is 0.256. The quantitative estimate of drug-likeness (QED) is 0.341. The van der Waals surface area contributed by atoms with Crippen LogP contribution in [0.4, 0.5) is 0 Å². The minimum Gasteiger partial charge on any atom is -0.409 e. The molecule has 0 aromatic heterocycles. The van der Waals surface area contributed by atoms with Crippen molar-refractivity contribution in [2.75, 3.05) is 13.1 Å². The number of nitrogens with zero attached hydrogens (tertiary/aromatic N) is 2. The summed E-state index contributed by atoms with van der Waals surface area (Å²) in [5.41, 5.74) is 6.84. The summed E-state index contributed by atoms with van der Waals surface area (Å²) in [6.07, 6.45) is 0.970. The molecule has 17 heavy (non-hydrogen) atoms. The van der Waals surface area contributed by atoms with E-state index in [4.69, 9.17) is 10.9 Å². The molecule has 0 amide bonds. The summed E-state index contributed by atoms with van der Waals surface area (Å²) in [7, 11) is 0. The van der Waals surface area contributed by atoms with Crippen LogP contribution >= 0.6 is 0 Å². The van der Waals surface area contributed by atoms with Gasteiger partial charge in [0.2, 0.25) is 0 Å². The van der Waals surface area contributed by atoms with E-state index in [2.05, 4.69) is 36.0 Å². The third kappa shape index (κ3) is 4.87. The van der Waals surface area contributed by atoms with Crippen LogP contribution in [0.3, 0.4) is 0 Å². The molecule has 0 atom stereocenters. The molecule has 0 spiro atoms. The molecular weight excluding hydrogens is 214 g/mol. The lowest BCUT2D eigenvalue weighted by molar-refractivity contribution is 0.249. The van der Waals surface area contributed by atoms with Gasteiger partial charge in [0.1, 0.15) is 0 Å². The molecule has 0 saturated carbocycles. The van der Waals surface area contributed by atoms with Crippen molar-refractivity contribution in [1.82, 2.24) is 4.90 Å². The number of hydrogen-bond acceptors (Lipinski definition) is 3. The molecule has 0 heterocycles. The van der Waals surface area contributed by atoms with Crippen molar-refractivity contribution in [2.24, 2.45) is 10.9 Å². The Labute approximate surface area is 103 Å². The fourth-order valence-corrected chi connectivity index (χ4v) is 1.68. The normalized spacial score (nSPS) is 12.4. The van der Waals surface area contributed by atoms with Crippen molar-refractivity contribution < 1.29 is 5.21 Å². The van der Waals surface area contributed by atoms with Gasteiger partial charge in [-0.3, -0.25) is 4.90 Å². The predicted molar refractivity (Wildman–Crippen MR) is 70.3 cm³/mol. The number of oxime groups is 1. The molecule has 3 N–H and O–H groups in total. The zero-order valence-corrected chi connectivity index (χ0v) is 10.5. The van der Waals surface area contributed by atoms with Gasteiger partial charge < -0.3 is 10.9 Å². The Balaban J connectivity index is 2.50. The Bertz CT molecular complexity index is 349. The maximum absolute atomic E-state index is 8.59. The number of rotatable bonds is 6. The van der Waals surface area contributed by atoms with Crippen molar-refractivity contribution in [3.63, 3.8) is 0 Å². The lowest BCUT2D eigenvalue weighted by Gasteiger charge is -2.25. The van der Waals surface area contributed by atoms with Gasteiger partial charge in [0, 0.05) is 12.6 Å². The Morgan fingerprint density at radius 1 is 1.35 bits per heavy atom. The first kappa shape index (κ1) is 13.5. The van der Waals surface area contributed by atoms with Crippen molar-refractivity contribution in [2.45, 2.75) is 26.3 Å². The molecule has 0 aliphatic rings. The average Bonchev–Trinajstić information content (AvgIpc) is 2.35. The van der Waals surface area contributed by atoms with E-state index in [0.717, 1.165) is 13.0 Å². The minimum atomic E-state index is 0.256. The Hall–Kier alpha value is -1.55. The average molecular weight is 235 g/mol. The van der Waals surface area contributed by atoms with Crippen molar-refractivity contribution in [3.8, 4) is 0 Å². The van der Waals surface area contributed by atoms with Crippen molar-refractivity contribution in [1.29, 1.82) is 0 Å². The van der Waals surface area contributed by atoms with Crippen LogP contribution in [0.25, 0.3) is 0 Å². The molecule has 1 aromatic rings. The maximum Gasteiger partial charge on any atom is 0.153 e. The lowest BCUT2D eigenvalue weighted by Crippen LogP contribution is -2.39. The zero-order valence-electron chi connectivity index (χ0n) is 10.5. The van der Waals surface area contributed by atoms with Crippen LogP contribution in [0.2, 0.25) is 0 Å². The van der Waals surface area contributed by atoms with E-state index in [1.807, 2.05) is 18.2 Å². The van der Waals surface area contributed by atoms with Gasteiger partial charge >= 0.3 is 0 Å². The molecule has 0 aliphatic carbocycles. The lowest BCUT2D eigenvalue weighted by atomic mass is 10.1. The molecule has 94 valence electrons. The number of benzene rings is 1. The van der Waals surface area contributed by atoms with Gasteiger partial charge in [0.05, 0.1) is 6.54 Å². The van der Waals surface area contributed by atoms with Crippen LogP contribution < -0.4 is 5.73 Å². The van der Waals surface area contributed by atoms with Crippen LogP contribution in [0.15, 0.2) is 35.5 Å². The van der Waals surface area contributed by atoms with Gasteiger partial charge in [0.15, 0.2) is 5.84 Å². The number of amidine groups is 1. The third-order valence-corrected chi connectivity index (χ3v) is 2.75. The first-order valence-corrected chi connectivity index (χ1v) is 5.88. The molecule has 4 heteroatoms. The van der Waals surface area contributed by atoms with Gasteiger partial charge in [-0.1, -0.05) is 35.5 Å². The maximum atomic E-state index is 8.59. The number of nitrogens with two attached hydrogens (primary N) is 1. The highest BCUT2D eigenvalue weighted by atomic mass is 16.4. The molecule has 1 aromatic carbocycles. The van der Waals surface area contributed by atoms with Crippen LogP contribution in [-0.2, 0) is 6.42 Å². The molecular formula is C13H21N3O. The van der Waals surface area contributed by atoms with Gasteiger partial charge in [0.25, 0.3) is 0 Å². The first-order valence-electron chi connectivity index (χ1n) is 5.88. The number of hydrogen-bond donors (Lipinski definition) is 2. The first-order chi connectivity index (χ1) is 8.13. The van der Waals surface area contributed by atoms with E-state index in [1.165, 1.54) is 5.56 Å². The fraction of sp³-hybridized carbons (Fsp3) is 0.462. The van der Waals surface area contributed by atoms with E-state index >= 15 is 0 Å². The Morgan fingerprint density at radius 3 is 2.53 bits per heavy atom. The largest absolute Gasteiger partial charge is 0.409 e. The molecule has 0 fully saturated rings. The fourth-order valence-electron chi connectivity index (χ4n) is 1.68. The molecule has 0 bridgehead atoms. The minimum absolute atomic E-state index is 0.256. The van der Waals surface area contributed by atoms with Gasteiger partial charge in [-0.05, 0) is 25.8 Å². The highest BCUT2D eigenvalue weighted by Gasteiger charge is 2.11. The van der Waals surface area contributed by atoms with Gasteiger partial charge in [-0.15, -0.1) is 0 Å². The molecule has 0 saturated heterocycles. The third-order valence-electron chi connectivity index (χ3n) is 2.75. The van der Waals surface area contributed by atoms with Crippen molar-refractivity contribution >= 4 is 5.84 Å². The Kier molecular flexibility index (Phi) is 5.49. The second-order valence-electron chi connectivity index (χ2n) is 4.39. The van der Waals surface area contributed by atoms with E-state index in [9.17, 15) is 0 Å². The van der Waals surface area contributed by atoms with E-state index in [1.54, 1.807) is 0 Å². The SMILES string of the molecule is CC(C)N(CCc1ccccc1)CC(N)=NO. The second-order valence-corrected chi connectivity index (χ2v) is 4.39. The van der Waals surface area contributed by atoms with E-state index in [0.29, 0.717) is 12.6 Å². The molecule has 0 radical (unpaired) electrons. The monoisotopic (exact) mass is 235 g/mol. The second kappa shape index (κ2) is 6.91. The smallest absolute Gasteiger partial charge is 0.153 e. The van der Waals surface area contributed by atoms with Gasteiger partial charge in [-0.2, -0.15) is 0 Å². The summed E-state index contributed by atoms with van der Waals surface area (Å²) >= 11 is 0. The highest BCUT2D eigenvalue weighted by Crippen LogP contribution is 2.04. The molecule has 0 unspecified atom stereocenters. The molecule has 1 rings (SSSR count). The van der Waals surface area contributed by atoms with Crippen LogP contribution in [0.1, 0.15) is 19.4 Å². The van der Waals surface area contributed by atoms with Crippen molar-refractivity contribution in [3.05, 3.63) is 35.9 Å².